The summed E-state index contributed by atoms with van der Waals surface area (Å²) in [6.07, 6.45) is 0.862. The summed E-state index contributed by atoms with van der Waals surface area (Å²) in [4.78, 5) is 0.398. The fourth-order valence-corrected chi connectivity index (χ4v) is 3.32. The maximum absolute atomic E-state index is 12.1. The van der Waals surface area contributed by atoms with Crippen LogP contribution in [0.4, 0.5) is 0 Å². The van der Waals surface area contributed by atoms with Crippen LogP contribution in [0.1, 0.15) is 25.8 Å². The molecule has 1 aliphatic carbocycles. The van der Waals surface area contributed by atoms with Crippen molar-refractivity contribution in [3.63, 3.8) is 0 Å². The molecule has 1 aromatic carbocycles. The van der Waals surface area contributed by atoms with E-state index >= 15 is 0 Å². The lowest BCUT2D eigenvalue weighted by molar-refractivity contribution is 0.555. The van der Waals surface area contributed by atoms with E-state index in [1.807, 2.05) is 13.8 Å². The summed E-state index contributed by atoms with van der Waals surface area (Å²) >= 11 is 4.84. The van der Waals surface area contributed by atoms with E-state index in [0.29, 0.717) is 5.56 Å². The molecule has 1 unspecified atom stereocenters. The number of rotatable bonds is 4. The van der Waals surface area contributed by atoms with Crippen LogP contribution in [0.5, 0.6) is 0 Å². The number of sulfonamides is 1. The molecule has 0 spiro atoms. The Balaban J connectivity index is 2.25. The lowest BCUT2D eigenvalue weighted by atomic mass is 10.2. The minimum absolute atomic E-state index is 0.0102. The Kier molecular flexibility index (Phi) is 3.21. The number of thiocarbonyl (C=S) groups is 1. The summed E-state index contributed by atoms with van der Waals surface area (Å²) in [5.41, 5.74) is 6.11. The van der Waals surface area contributed by atoms with Crippen LogP contribution in [0.15, 0.2) is 29.2 Å². The average Bonchev–Trinajstić information content (AvgIpc) is 2.85. The summed E-state index contributed by atoms with van der Waals surface area (Å²) in [6.45, 7) is 4.07. The molecule has 6 heteroatoms. The fourth-order valence-electron chi connectivity index (χ4n) is 1.74. The van der Waals surface area contributed by atoms with Gasteiger partial charge in [-0.25, -0.2) is 13.1 Å². The molecule has 2 rings (SSSR count). The summed E-state index contributed by atoms with van der Waals surface area (Å²) in [6, 6.07) is 6.39. The maximum atomic E-state index is 12.1. The number of hydrogen-bond acceptors (Lipinski definition) is 3. The molecular formula is C12H16N2O2S2. The third kappa shape index (κ3) is 2.71. The minimum Gasteiger partial charge on any atom is -0.389 e. The van der Waals surface area contributed by atoms with Gasteiger partial charge in [-0.2, -0.15) is 0 Å². The predicted octanol–water partition coefficient (Wildman–Crippen LogP) is 1.40. The van der Waals surface area contributed by atoms with E-state index in [1.54, 1.807) is 18.2 Å². The van der Waals surface area contributed by atoms with Crippen LogP contribution < -0.4 is 10.5 Å². The quantitative estimate of drug-likeness (QED) is 0.820. The van der Waals surface area contributed by atoms with E-state index in [2.05, 4.69) is 4.72 Å². The van der Waals surface area contributed by atoms with E-state index in [4.69, 9.17) is 18.0 Å². The summed E-state index contributed by atoms with van der Waals surface area (Å²) in [5, 5.41) is 0. The lowest BCUT2D eigenvalue weighted by Gasteiger charge is -2.09. The third-order valence-corrected chi connectivity index (χ3v) is 4.94. The molecule has 1 atom stereocenters. The van der Waals surface area contributed by atoms with Gasteiger partial charge in [0.05, 0.1) is 4.90 Å². The Hall–Kier alpha value is -0.980. The number of nitrogens with one attached hydrogen (secondary N) is 1. The second-order valence-electron chi connectivity index (χ2n) is 5.26. The fraction of sp³-hybridized carbons (Fsp3) is 0.417. The van der Waals surface area contributed by atoms with E-state index in [0.717, 1.165) is 6.42 Å². The molecule has 0 amide bonds. The van der Waals surface area contributed by atoms with Crippen LogP contribution in [0.25, 0.3) is 0 Å². The first-order chi connectivity index (χ1) is 8.22. The SMILES string of the molecule is CC1(C)CC1NS(=O)(=O)c1cccc(C(N)=S)c1. The van der Waals surface area contributed by atoms with Crippen LogP contribution in [0.2, 0.25) is 0 Å². The van der Waals surface area contributed by atoms with Crippen molar-refractivity contribution in [2.24, 2.45) is 11.1 Å². The summed E-state index contributed by atoms with van der Waals surface area (Å²) in [7, 11) is -3.49. The third-order valence-electron chi connectivity index (χ3n) is 3.24. The number of nitrogens with two attached hydrogens (primary N) is 1. The van der Waals surface area contributed by atoms with Gasteiger partial charge in [-0.05, 0) is 24.0 Å². The van der Waals surface area contributed by atoms with Gasteiger partial charge in [0, 0.05) is 11.6 Å². The molecule has 0 bridgehead atoms. The highest BCUT2D eigenvalue weighted by molar-refractivity contribution is 7.89. The molecule has 0 aliphatic heterocycles. The highest BCUT2D eigenvalue weighted by atomic mass is 32.2. The Morgan fingerprint density at radius 2 is 2.11 bits per heavy atom. The Labute approximate surface area is 113 Å². The molecule has 1 fully saturated rings. The van der Waals surface area contributed by atoms with Gasteiger partial charge in [0.2, 0.25) is 10.0 Å². The normalized spacial score (nSPS) is 21.6. The van der Waals surface area contributed by atoms with Crippen molar-refractivity contribution < 1.29 is 8.42 Å². The predicted molar refractivity (Wildman–Crippen MR) is 74.8 cm³/mol. The van der Waals surface area contributed by atoms with Gasteiger partial charge in [-0.1, -0.05) is 38.2 Å². The van der Waals surface area contributed by atoms with Gasteiger partial charge in [0.15, 0.2) is 0 Å². The van der Waals surface area contributed by atoms with Crippen LogP contribution in [-0.4, -0.2) is 19.4 Å². The molecule has 1 saturated carbocycles. The smallest absolute Gasteiger partial charge is 0.240 e. The molecule has 0 aromatic heterocycles. The van der Waals surface area contributed by atoms with Crippen molar-refractivity contribution in [2.45, 2.75) is 31.2 Å². The van der Waals surface area contributed by atoms with E-state index in [9.17, 15) is 8.42 Å². The number of benzene rings is 1. The van der Waals surface area contributed by atoms with Crippen molar-refractivity contribution in [2.75, 3.05) is 0 Å². The van der Waals surface area contributed by atoms with Gasteiger partial charge in [0.25, 0.3) is 0 Å². The molecular weight excluding hydrogens is 268 g/mol. The van der Waals surface area contributed by atoms with Crippen molar-refractivity contribution in [3.05, 3.63) is 29.8 Å². The van der Waals surface area contributed by atoms with Crippen LogP contribution in [0, 0.1) is 5.41 Å². The summed E-state index contributed by atoms with van der Waals surface area (Å²) < 4.78 is 27.0. The monoisotopic (exact) mass is 284 g/mol. The molecule has 4 nitrogen and oxygen atoms in total. The largest absolute Gasteiger partial charge is 0.389 e. The highest BCUT2D eigenvalue weighted by Crippen LogP contribution is 2.45. The van der Waals surface area contributed by atoms with Gasteiger partial charge in [0.1, 0.15) is 4.99 Å². The lowest BCUT2D eigenvalue weighted by Crippen LogP contribution is -2.28. The first kappa shape index (κ1) is 13.5. The van der Waals surface area contributed by atoms with Gasteiger partial charge in [-0.3, -0.25) is 0 Å². The Morgan fingerprint density at radius 3 is 2.61 bits per heavy atom. The Bertz CT molecular complexity index is 594. The first-order valence-electron chi connectivity index (χ1n) is 5.64. The van der Waals surface area contributed by atoms with E-state index < -0.39 is 10.0 Å². The second kappa shape index (κ2) is 4.29. The van der Waals surface area contributed by atoms with Crippen LogP contribution >= 0.6 is 12.2 Å². The van der Waals surface area contributed by atoms with Crippen molar-refractivity contribution in [1.82, 2.24) is 4.72 Å². The topological polar surface area (TPSA) is 72.2 Å². The maximum Gasteiger partial charge on any atom is 0.240 e. The van der Waals surface area contributed by atoms with Crippen molar-refractivity contribution in [1.29, 1.82) is 0 Å². The standard InChI is InChI=1S/C12H16N2O2S2/c1-12(2)7-10(12)14-18(15,16)9-5-3-4-8(6-9)11(13)17/h3-6,10,14H,7H2,1-2H3,(H2,13,17). The molecule has 3 N–H and O–H groups in total. The molecule has 1 aromatic rings. The van der Waals surface area contributed by atoms with Crippen molar-refractivity contribution >= 4 is 27.2 Å². The highest BCUT2D eigenvalue weighted by Gasteiger charge is 2.47. The Morgan fingerprint density at radius 1 is 1.50 bits per heavy atom. The molecule has 18 heavy (non-hydrogen) atoms. The van der Waals surface area contributed by atoms with Crippen molar-refractivity contribution in [3.8, 4) is 0 Å². The second-order valence-corrected chi connectivity index (χ2v) is 7.41. The average molecular weight is 284 g/mol. The van der Waals surface area contributed by atoms with Gasteiger partial charge < -0.3 is 5.73 Å². The molecule has 0 radical (unpaired) electrons. The number of hydrogen-bond donors (Lipinski definition) is 2. The van der Waals surface area contributed by atoms with Gasteiger partial charge >= 0.3 is 0 Å². The van der Waals surface area contributed by atoms with E-state index in [1.165, 1.54) is 6.07 Å². The van der Waals surface area contributed by atoms with Crippen LogP contribution in [0.3, 0.4) is 0 Å². The minimum atomic E-state index is -3.49. The zero-order valence-corrected chi connectivity index (χ0v) is 11.9. The zero-order valence-electron chi connectivity index (χ0n) is 10.3. The molecule has 0 saturated heterocycles. The van der Waals surface area contributed by atoms with Gasteiger partial charge in [-0.15, -0.1) is 0 Å². The zero-order chi connectivity index (χ0) is 13.6. The van der Waals surface area contributed by atoms with Crippen LogP contribution in [-0.2, 0) is 10.0 Å². The van der Waals surface area contributed by atoms with E-state index in [-0.39, 0.29) is 21.3 Å². The molecule has 1 aliphatic rings. The molecule has 98 valence electrons. The molecule has 0 heterocycles. The summed E-state index contributed by atoms with van der Waals surface area (Å²) in [5.74, 6) is 0. The first-order valence-corrected chi connectivity index (χ1v) is 7.54.